The minimum absolute atomic E-state index is 0.708. The Morgan fingerprint density at radius 3 is 2.58 bits per heavy atom. The zero-order valence-corrected chi connectivity index (χ0v) is 10.7. The summed E-state index contributed by atoms with van der Waals surface area (Å²) in [6.45, 7) is 1.80. The fraction of sp³-hybridized carbons (Fsp3) is 0.267. The lowest BCUT2D eigenvalue weighted by atomic mass is 9.95. The number of hydrogen-bond donors (Lipinski definition) is 1. The minimum Gasteiger partial charge on any atom is -0.497 e. The van der Waals surface area contributed by atoms with Gasteiger partial charge in [0, 0.05) is 0 Å². The van der Waals surface area contributed by atoms with Crippen LogP contribution >= 0.6 is 0 Å². The lowest BCUT2D eigenvalue weighted by Gasteiger charge is -2.08. The monoisotopic (exact) mass is 258 g/mol. The highest BCUT2D eigenvalue weighted by molar-refractivity contribution is 5.85. The molecule has 4 nitrogen and oxygen atoms in total. The van der Waals surface area contributed by atoms with E-state index in [1.54, 1.807) is 14.0 Å². The fourth-order valence-corrected chi connectivity index (χ4v) is 2.38. The van der Waals surface area contributed by atoms with Crippen LogP contribution in [0, 0.1) is 0 Å². The first kappa shape index (κ1) is 12.0. The molecule has 0 aliphatic carbocycles. The Balaban J connectivity index is 2.01. The first-order chi connectivity index (χ1) is 9.04. The van der Waals surface area contributed by atoms with Gasteiger partial charge < -0.3 is 14.6 Å². The Labute approximate surface area is 110 Å². The van der Waals surface area contributed by atoms with Crippen LogP contribution in [-0.2, 0) is 15.1 Å². The molecule has 0 radical (unpaired) electrons. The average Bonchev–Trinajstić information content (AvgIpc) is 3.11. The predicted molar refractivity (Wildman–Crippen MR) is 70.4 cm³/mol. The van der Waals surface area contributed by atoms with E-state index in [1.165, 1.54) is 0 Å². The number of hydrogen-bond acceptors (Lipinski definition) is 3. The van der Waals surface area contributed by atoms with Crippen molar-refractivity contribution in [3.8, 4) is 5.75 Å². The van der Waals surface area contributed by atoms with Gasteiger partial charge in [0.1, 0.15) is 11.4 Å². The van der Waals surface area contributed by atoms with Crippen LogP contribution in [0.2, 0.25) is 0 Å². The van der Waals surface area contributed by atoms with Gasteiger partial charge in [-0.05, 0) is 41.5 Å². The SMILES string of the molecule is COc1ccc2cc(C3(C)OC3C(=O)O)ccc2c1. The molecule has 1 fully saturated rings. The molecule has 0 amide bonds. The number of methoxy groups -OCH3 is 1. The van der Waals surface area contributed by atoms with Crippen LogP contribution in [0.3, 0.4) is 0 Å². The van der Waals surface area contributed by atoms with E-state index < -0.39 is 17.7 Å². The largest absolute Gasteiger partial charge is 0.497 e. The van der Waals surface area contributed by atoms with Crippen molar-refractivity contribution in [3.05, 3.63) is 42.0 Å². The first-order valence-corrected chi connectivity index (χ1v) is 6.03. The first-order valence-electron chi connectivity index (χ1n) is 6.03. The van der Waals surface area contributed by atoms with E-state index in [1.807, 2.05) is 36.4 Å². The molecule has 0 bridgehead atoms. The molecule has 2 aromatic carbocycles. The van der Waals surface area contributed by atoms with Gasteiger partial charge >= 0.3 is 5.97 Å². The number of aliphatic carboxylic acids is 1. The highest BCUT2D eigenvalue weighted by atomic mass is 16.6. The van der Waals surface area contributed by atoms with Crippen LogP contribution in [0.4, 0.5) is 0 Å². The Bertz CT molecular complexity index is 664. The zero-order valence-electron chi connectivity index (χ0n) is 10.7. The highest BCUT2D eigenvalue weighted by Crippen LogP contribution is 2.46. The van der Waals surface area contributed by atoms with E-state index in [9.17, 15) is 4.79 Å². The molecule has 1 N–H and O–H groups in total. The molecule has 0 saturated carbocycles. The summed E-state index contributed by atoms with van der Waals surface area (Å²) in [7, 11) is 1.63. The Morgan fingerprint density at radius 1 is 1.26 bits per heavy atom. The van der Waals surface area contributed by atoms with Gasteiger partial charge in [-0.2, -0.15) is 0 Å². The van der Waals surface area contributed by atoms with Crippen molar-refractivity contribution in [1.29, 1.82) is 0 Å². The molecule has 2 unspecified atom stereocenters. The van der Waals surface area contributed by atoms with Crippen molar-refractivity contribution in [2.24, 2.45) is 0 Å². The van der Waals surface area contributed by atoms with Gasteiger partial charge in [-0.1, -0.05) is 18.2 Å². The molecule has 4 heteroatoms. The summed E-state index contributed by atoms with van der Waals surface area (Å²) in [5, 5.41) is 11.1. The molecule has 0 spiro atoms. The van der Waals surface area contributed by atoms with E-state index in [2.05, 4.69) is 0 Å². The van der Waals surface area contributed by atoms with E-state index >= 15 is 0 Å². The van der Waals surface area contributed by atoms with Crippen LogP contribution < -0.4 is 4.74 Å². The second-order valence-corrected chi connectivity index (χ2v) is 4.87. The fourth-order valence-electron chi connectivity index (χ4n) is 2.38. The average molecular weight is 258 g/mol. The van der Waals surface area contributed by atoms with E-state index in [-0.39, 0.29) is 0 Å². The summed E-state index contributed by atoms with van der Waals surface area (Å²) in [4.78, 5) is 11.0. The topological polar surface area (TPSA) is 59.1 Å². The molecular formula is C15H14O4. The van der Waals surface area contributed by atoms with Gasteiger partial charge in [-0.15, -0.1) is 0 Å². The van der Waals surface area contributed by atoms with Gasteiger partial charge in [0.15, 0.2) is 6.10 Å². The third-order valence-corrected chi connectivity index (χ3v) is 3.65. The van der Waals surface area contributed by atoms with Crippen molar-refractivity contribution >= 4 is 16.7 Å². The summed E-state index contributed by atoms with van der Waals surface area (Å²) < 4.78 is 10.5. The predicted octanol–water partition coefficient (Wildman–Crippen LogP) is 2.55. The van der Waals surface area contributed by atoms with Gasteiger partial charge in [0.25, 0.3) is 0 Å². The third-order valence-electron chi connectivity index (χ3n) is 3.65. The Hall–Kier alpha value is -2.07. The normalized spacial score (nSPS) is 25.3. The maximum absolute atomic E-state index is 11.0. The second kappa shape index (κ2) is 3.96. The molecule has 2 atom stereocenters. The van der Waals surface area contributed by atoms with Crippen molar-refractivity contribution in [3.63, 3.8) is 0 Å². The van der Waals surface area contributed by atoms with Crippen molar-refractivity contribution in [2.45, 2.75) is 18.6 Å². The molecule has 1 heterocycles. The molecular weight excluding hydrogens is 244 g/mol. The van der Waals surface area contributed by atoms with Crippen LogP contribution in [0.1, 0.15) is 12.5 Å². The van der Waals surface area contributed by atoms with Crippen LogP contribution in [0.5, 0.6) is 5.75 Å². The summed E-state index contributed by atoms with van der Waals surface area (Å²) in [5.74, 6) is -0.116. The molecule has 1 saturated heterocycles. The molecule has 1 aliphatic rings. The summed E-state index contributed by atoms with van der Waals surface area (Å²) in [6, 6.07) is 11.6. The molecule has 0 aromatic heterocycles. The molecule has 19 heavy (non-hydrogen) atoms. The lowest BCUT2D eigenvalue weighted by molar-refractivity contribution is -0.138. The smallest absolute Gasteiger partial charge is 0.336 e. The maximum atomic E-state index is 11.0. The van der Waals surface area contributed by atoms with Gasteiger partial charge in [-0.25, -0.2) is 4.79 Å². The third kappa shape index (κ3) is 1.85. The van der Waals surface area contributed by atoms with Crippen LogP contribution in [-0.4, -0.2) is 24.3 Å². The quantitative estimate of drug-likeness (QED) is 0.859. The van der Waals surface area contributed by atoms with Gasteiger partial charge in [-0.3, -0.25) is 0 Å². The summed E-state index contributed by atoms with van der Waals surface area (Å²) in [6.07, 6.45) is -0.747. The number of ether oxygens (including phenoxy) is 2. The number of carboxylic acid groups (broad SMARTS) is 1. The van der Waals surface area contributed by atoms with Gasteiger partial charge in [0.05, 0.1) is 7.11 Å². The number of rotatable bonds is 3. The highest BCUT2D eigenvalue weighted by Gasteiger charge is 2.58. The minimum atomic E-state index is -0.919. The van der Waals surface area contributed by atoms with Crippen LogP contribution in [0.15, 0.2) is 36.4 Å². The van der Waals surface area contributed by atoms with E-state index in [4.69, 9.17) is 14.6 Å². The number of epoxide rings is 1. The number of carbonyl (C=O) groups is 1. The molecule has 2 aromatic rings. The molecule has 98 valence electrons. The lowest BCUT2D eigenvalue weighted by Crippen LogP contribution is -2.15. The standard InChI is InChI=1S/C15H14O4/c1-15(13(19-15)14(16)17)11-5-3-10-8-12(18-2)6-4-9(10)7-11/h3-8,13H,1-2H3,(H,16,17). The Kier molecular flexibility index (Phi) is 2.50. The molecule has 3 rings (SSSR count). The number of carboxylic acids is 1. The van der Waals surface area contributed by atoms with E-state index in [0.717, 1.165) is 22.1 Å². The number of benzene rings is 2. The number of fused-ring (bicyclic) bond motifs is 1. The summed E-state index contributed by atoms with van der Waals surface area (Å²) in [5.41, 5.74) is 0.178. The Morgan fingerprint density at radius 2 is 1.95 bits per heavy atom. The van der Waals surface area contributed by atoms with Gasteiger partial charge in [0.2, 0.25) is 0 Å². The molecule has 1 aliphatic heterocycles. The maximum Gasteiger partial charge on any atom is 0.336 e. The van der Waals surface area contributed by atoms with Crippen molar-refractivity contribution in [2.75, 3.05) is 7.11 Å². The van der Waals surface area contributed by atoms with Crippen molar-refractivity contribution in [1.82, 2.24) is 0 Å². The zero-order chi connectivity index (χ0) is 13.6. The van der Waals surface area contributed by atoms with E-state index in [0.29, 0.717) is 0 Å². The van der Waals surface area contributed by atoms with Crippen molar-refractivity contribution < 1.29 is 19.4 Å². The summed E-state index contributed by atoms with van der Waals surface area (Å²) >= 11 is 0. The van der Waals surface area contributed by atoms with Crippen LogP contribution in [0.25, 0.3) is 10.8 Å². The second-order valence-electron chi connectivity index (χ2n) is 4.87.